The van der Waals surface area contributed by atoms with Gasteiger partial charge < -0.3 is 0 Å². The van der Waals surface area contributed by atoms with Gasteiger partial charge in [-0.1, -0.05) is 6.08 Å². The van der Waals surface area contributed by atoms with Crippen LogP contribution in [-0.2, 0) is 0 Å². The maximum absolute atomic E-state index is 4.07. The highest BCUT2D eigenvalue weighted by molar-refractivity contribution is 5.83. The van der Waals surface area contributed by atoms with Crippen LogP contribution in [-0.4, -0.2) is 5.71 Å². The molecule has 1 aliphatic heterocycles. The van der Waals surface area contributed by atoms with Crippen LogP contribution in [0.4, 0.5) is 0 Å². The van der Waals surface area contributed by atoms with Gasteiger partial charge in [-0.25, -0.2) is 0 Å². The van der Waals surface area contributed by atoms with Crippen molar-refractivity contribution in [3.63, 3.8) is 0 Å². The minimum atomic E-state index is 1.15. The summed E-state index contributed by atoms with van der Waals surface area (Å²) in [4.78, 5) is 4.07. The first-order valence-corrected chi connectivity index (χ1v) is 2.58. The van der Waals surface area contributed by atoms with Gasteiger partial charge in [-0.05, 0) is 19.8 Å². The molecule has 0 aromatic carbocycles. The minimum absolute atomic E-state index is 1.15. The first-order valence-electron chi connectivity index (χ1n) is 2.58. The molecule has 1 nitrogen and oxygen atoms in total. The molecule has 0 atom stereocenters. The molecule has 0 unspecified atom stereocenters. The Morgan fingerprint density at radius 3 is 2.86 bits per heavy atom. The van der Waals surface area contributed by atoms with Crippen molar-refractivity contribution >= 4 is 5.71 Å². The van der Waals surface area contributed by atoms with Gasteiger partial charge in [0.2, 0.25) is 0 Å². The minimum Gasteiger partial charge on any atom is -0.266 e. The Bertz CT molecular complexity index is 111. The van der Waals surface area contributed by atoms with Gasteiger partial charge in [0.15, 0.2) is 0 Å². The molecule has 1 heteroatoms. The highest BCUT2D eigenvalue weighted by atomic mass is 14.7. The normalized spacial score (nSPS) is 19.3. The standard InChI is InChI=1S/C6H9N/c1-6-4-2-3-5-7-6/h3,5H,2,4H2,1H3. The van der Waals surface area contributed by atoms with Crippen molar-refractivity contribution in [3.05, 3.63) is 12.3 Å². The van der Waals surface area contributed by atoms with Crippen LogP contribution in [0.5, 0.6) is 0 Å². The summed E-state index contributed by atoms with van der Waals surface area (Å²) in [6.45, 7) is 2.06. The van der Waals surface area contributed by atoms with Crippen molar-refractivity contribution < 1.29 is 0 Å². The van der Waals surface area contributed by atoms with Gasteiger partial charge >= 0.3 is 0 Å². The van der Waals surface area contributed by atoms with Crippen LogP contribution in [0, 0.1) is 0 Å². The van der Waals surface area contributed by atoms with E-state index in [0.717, 1.165) is 6.42 Å². The monoisotopic (exact) mass is 95.1 g/mol. The van der Waals surface area contributed by atoms with Crippen LogP contribution in [0.2, 0.25) is 0 Å². The zero-order valence-corrected chi connectivity index (χ0v) is 4.52. The molecule has 1 aliphatic rings. The summed E-state index contributed by atoms with van der Waals surface area (Å²) in [5, 5.41) is 0. The molecule has 1 heterocycles. The average Bonchev–Trinajstić information content (AvgIpc) is 1.69. The van der Waals surface area contributed by atoms with Crippen molar-refractivity contribution in [3.8, 4) is 0 Å². The second-order valence-electron chi connectivity index (χ2n) is 1.79. The topological polar surface area (TPSA) is 12.4 Å². The molecule has 0 bridgehead atoms. The van der Waals surface area contributed by atoms with Gasteiger partial charge in [-0.3, -0.25) is 4.99 Å². The van der Waals surface area contributed by atoms with Crippen molar-refractivity contribution in [2.75, 3.05) is 0 Å². The van der Waals surface area contributed by atoms with E-state index in [-0.39, 0.29) is 0 Å². The first-order chi connectivity index (χ1) is 3.39. The maximum Gasteiger partial charge on any atom is 0.0227 e. The summed E-state index contributed by atoms with van der Waals surface area (Å²) < 4.78 is 0. The third kappa shape index (κ3) is 1.15. The van der Waals surface area contributed by atoms with Crippen LogP contribution in [0.1, 0.15) is 19.8 Å². The molecule has 0 fully saturated rings. The number of allylic oxidation sites excluding steroid dienone is 1. The summed E-state index contributed by atoms with van der Waals surface area (Å²) in [5.74, 6) is 0. The molecule has 7 heavy (non-hydrogen) atoms. The molecule has 0 spiro atoms. The summed E-state index contributed by atoms with van der Waals surface area (Å²) >= 11 is 0. The molecule has 0 aromatic heterocycles. The Balaban J connectivity index is 2.57. The van der Waals surface area contributed by atoms with E-state index in [1.807, 2.05) is 6.20 Å². The third-order valence-corrected chi connectivity index (χ3v) is 1.07. The summed E-state index contributed by atoms with van der Waals surface area (Å²) in [6.07, 6.45) is 6.29. The quantitative estimate of drug-likeness (QED) is 0.434. The highest BCUT2D eigenvalue weighted by Gasteiger charge is 1.90. The van der Waals surface area contributed by atoms with E-state index >= 15 is 0 Å². The zero-order valence-electron chi connectivity index (χ0n) is 4.52. The van der Waals surface area contributed by atoms with E-state index in [1.165, 1.54) is 12.1 Å². The van der Waals surface area contributed by atoms with Crippen LogP contribution in [0.15, 0.2) is 17.3 Å². The van der Waals surface area contributed by atoms with Gasteiger partial charge in [0.1, 0.15) is 0 Å². The second kappa shape index (κ2) is 1.92. The molecule has 0 radical (unpaired) electrons. The van der Waals surface area contributed by atoms with Crippen molar-refractivity contribution in [1.82, 2.24) is 0 Å². The molecule has 0 saturated carbocycles. The van der Waals surface area contributed by atoms with E-state index in [1.54, 1.807) is 0 Å². The lowest BCUT2D eigenvalue weighted by atomic mass is 10.2. The molecule has 0 saturated heterocycles. The van der Waals surface area contributed by atoms with Crippen LogP contribution < -0.4 is 0 Å². The number of rotatable bonds is 0. The van der Waals surface area contributed by atoms with Crippen LogP contribution in [0.25, 0.3) is 0 Å². The average molecular weight is 95.1 g/mol. The lowest BCUT2D eigenvalue weighted by molar-refractivity contribution is 1.05. The molecular formula is C6H9N. The fourth-order valence-electron chi connectivity index (χ4n) is 0.611. The van der Waals surface area contributed by atoms with Crippen LogP contribution >= 0.6 is 0 Å². The Labute approximate surface area is 43.8 Å². The van der Waals surface area contributed by atoms with E-state index in [2.05, 4.69) is 18.0 Å². The molecular weight excluding hydrogens is 86.1 g/mol. The molecule has 0 aromatic rings. The number of hydrogen-bond acceptors (Lipinski definition) is 1. The molecule has 0 amide bonds. The van der Waals surface area contributed by atoms with E-state index < -0.39 is 0 Å². The van der Waals surface area contributed by atoms with Gasteiger partial charge in [-0.2, -0.15) is 0 Å². The van der Waals surface area contributed by atoms with E-state index in [4.69, 9.17) is 0 Å². The van der Waals surface area contributed by atoms with Gasteiger partial charge in [0.25, 0.3) is 0 Å². The SMILES string of the molecule is CC1=NC=CCC1. The Morgan fingerprint density at radius 2 is 2.57 bits per heavy atom. The summed E-state index contributed by atoms with van der Waals surface area (Å²) in [6, 6.07) is 0. The predicted molar refractivity (Wildman–Crippen MR) is 31.5 cm³/mol. The molecule has 0 N–H and O–H groups in total. The molecule has 1 rings (SSSR count). The summed E-state index contributed by atoms with van der Waals surface area (Å²) in [7, 11) is 0. The van der Waals surface area contributed by atoms with Gasteiger partial charge in [-0.15, -0.1) is 0 Å². The highest BCUT2D eigenvalue weighted by Crippen LogP contribution is 2.00. The maximum atomic E-state index is 4.07. The van der Waals surface area contributed by atoms with Gasteiger partial charge in [0.05, 0.1) is 0 Å². The largest absolute Gasteiger partial charge is 0.266 e. The number of hydrogen-bond donors (Lipinski definition) is 0. The second-order valence-corrected chi connectivity index (χ2v) is 1.79. The van der Waals surface area contributed by atoms with Crippen molar-refractivity contribution in [2.24, 2.45) is 4.99 Å². The lowest BCUT2D eigenvalue weighted by Gasteiger charge is -1.97. The molecule has 0 aliphatic carbocycles. The first kappa shape index (κ1) is 4.57. The van der Waals surface area contributed by atoms with Crippen LogP contribution in [0.3, 0.4) is 0 Å². The van der Waals surface area contributed by atoms with E-state index in [0.29, 0.717) is 0 Å². The lowest BCUT2D eigenvalue weighted by Crippen LogP contribution is -1.91. The Kier molecular flexibility index (Phi) is 1.25. The van der Waals surface area contributed by atoms with E-state index in [9.17, 15) is 0 Å². The zero-order chi connectivity index (χ0) is 5.11. The fraction of sp³-hybridized carbons (Fsp3) is 0.500. The fourth-order valence-corrected chi connectivity index (χ4v) is 0.611. The molecule has 38 valence electrons. The number of aliphatic imine (C=N–C) groups is 1. The Hall–Kier alpha value is -0.590. The van der Waals surface area contributed by atoms with Gasteiger partial charge in [0, 0.05) is 11.9 Å². The van der Waals surface area contributed by atoms with Crippen molar-refractivity contribution in [1.29, 1.82) is 0 Å². The number of nitrogens with zero attached hydrogens (tertiary/aromatic N) is 1. The summed E-state index contributed by atoms with van der Waals surface area (Å²) in [5.41, 5.74) is 1.25. The third-order valence-electron chi connectivity index (χ3n) is 1.07. The predicted octanol–water partition coefficient (Wildman–Crippen LogP) is 1.75. The smallest absolute Gasteiger partial charge is 0.0227 e. The Morgan fingerprint density at radius 1 is 1.71 bits per heavy atom. The van der Waals surface area contributed by atoms with Crippen molar-refractivity contribution in [2.45, 2.75) is 19.8 Å².